The van der Waals surface area contributed by atoms with E-state index in [0.29, 0.717) is 5.69 Å². The van der Waals surface area contributed by atoms with Gasteiger partial charge >= 0.3 is 5.97 Å². The Kier molecular flexibility index (Phi) is 4.40. The molecule has 2 aromatic heterocycles. The van der Waals surface area contributed by atoms with E-state index in [2.05, 4.69) is 10.3 Å². The van der Waals surface area contributed by atoms with E-state index in [4.69, 9.17) is 10.8 Å². The normalized spacial score (nSPS) is 12.0. The first kappa shape index (κ1) is 15.5. The molecule has 0 aromatic carbocycles. The summed E-state index contributed by atoms with van der Waals surface area (Å²) in [6.45, 7) is 1.90. The first-order valence-electron chi connectivity index (χ1n) is 6.60. The molecule has 8 nitrogen and oxygen atoms in total. The molecule has 0 spiro atoms. The number of carboxylic acid groups (broad SMARTS) is 1. The lowest BCUT2D eigenvalue weighted by Crippen LogP contribution is -2.43. The van der Waals surface area contributed by atoms with Crippen LogP contribution < -0.4 is 11.1 Å². The second kappa shape index (κ2) is 6.25. The number of hydrogen-bond acceptors (Lipinski definition) is 4. The SMILES string of the molecule is Cc1cccn2cc(CC(=O)NC(CC(N)=O)C(=O)O)nc12. The van der Waals surface area contributed by atoms with E-state index >= 15 is 0 Å². The Hall–Kier alpha value is -2.90. The molecule has 0 aliphatic heterocycles. The molecular formula is C14H16N4O4. The molecule has 22 heavy (non-hydrogen) atoms. The molecule has 116 valence electrons. The van der Waals surface area contributed by atoms with Gasteiger partial charge in [0.2, 0.25) is 11.8 Å². The van der Waals surface area contributed by atoms with Crippen LogP contribution in [0.25, 0.3) is 5.65 Å². The van der Waals surface area contributed by atoms with Crippen LogP contribution in [0.1, 0.15) is 17.7 Å². The van der Waals surface area contributed by atoms with Crippen molar-refractivity contribution in [3.8, 4) is 0 Å². The lowest BCUT2D eigenvalue weighted by Gasteiger charge is -2.11. The van der Waals surface area contributed by atoms with E-state index in [1.807, 2.05) is 25.3 Å². The predicted molar refractivity (Wildman–Crippen MR) is 77.0 cm³/mol. The summed E-state index contributed by atoms with van der Waals surface area (Å²) in [4.78, 5) is 38.0. The molecule has 1 atom stereocenters. The molecule has 0 saturated carbocycles. The van der Waals surface area contributed by atoms with E-state index in [0.717, 1.165) is 11.2 Å². The number of carbonyl (C=O) groups excluding carboxylic acids is 2. The minimum absolute atomic E-state index is 0.0797. The summed E-state index contributed by atoms with van der Waals surface area (Å²) in [6, 6.07) is 2.43. The number of imidazole rings is 1. The Balaban J connectivity index is 2.08. The topological polar surface area (TPSA) is 127 Å². The fourth-order valence-electron chi connectivity index (χ4n) is 2.10. The molecule has 0 aliphatic carbocycles. The van der Waals surface area contributed by atoms with Gasteiger partial charge in [-0.15, -0.1) is 0 Å². The number of amides is 2. The van der Waals surface area contributed by atoms with Crippen LogP contribution >= 0.6 is 0 Å². The van der Waals surface area contributed by atoms with Gasteiger partial charge in [-0.1, -0.05) is 6.07 Å². The van der Waals surface area contributed by atoms with Crippen LogP contribution in [0.15, 0.2) is 24.5 Å². The number of nitrogens with one attached hydrogen (secondary N) is 1. The van der Waals surface area contributed by atoms with Crippen molar-refractivity contribution < 1.29 is 19.5 Å². The monoisotopic (exact) mass is 304 g/mol. The number of nitrogens with two attached hydrogens (primary N) is 1. The summed E-state index contributed by atoms with van der Waals surface area (Å²) < 4.78 is 1.79. The number of fused-ring (bicyclic) bond motifs is 1. The lowest BCUT2D eigenvalue weighted by atomic mass is 10.2. The van der Waals surface area contributed by atoms with Gasteiger partial charge in [0, 0.05) is 12.4 Å². The molecule has 0 radical (unpaired) electrons. The fourth-order valence-corrected chi connectivity index (χ4v) is 2.10. The van der Waals surface area contributed by atoms with Crippen molar-refractivity contribution in [3.63, 3.8) is 0 Å². The minimum atomic E-state index is -1.33. The maximum atomic E-state index is 11.9. The number of aliphatic carboxylic acids is 1. The quantitative estimate of drug-likeness (QED) is 0.671. The van der Waals surface area contributed by atoms with Crippen LogP contribution in [0, 0.1) is 6.92 Å². The summed E-state index contributed by atoms with van der Waals surface area (Å²) in [7, 11) is 0. The van der Waals surface area contributed by atoms with Gasteiger partial charge in [0.25, 0.3) is 0 Å². The molecule has 1 unspecified atom stereocenters. The Morgan fingerprint density at radius 1 is 1.45 bits per heavy atom. The van der Waals surface area contributed by atoms with E-state index < -0.39 is 30.2 Å². The third-order valence-electron chi connectivity index (χ3n) is 3.11. The predicted octanol–water partition coefficient (Wildman–Crippen LogP) is -0.370. The zero-order valence-corrected chi connectivity index (χ0v) is 11.9. The number of carbonyl (C=O) groups is 3. The zero-order chi connectivity index (χ0) is 16.3. The largest absolute Gasteiger partial charge is 0.480 e. The fraction of sp³-hybridized carbons (Fsp3) is 0.286. The summed E-state index contributed by atoms with van der Waals surface area (Å²) in [6.07, 6.45) is 2.98. The van der Waals surface area contributed by atoms with Crippen molar-refractivity contribution in [2.24, 2.45) is 5.73 Å². The molecule has 2 rings (SSSR count). The van der Waals surface area contributed by atoms with Gasteiger partial charge in [0.1, 0.15) is 11.7 Å². The number of pyridine rings is 1. The van der Waals surface area contributed by atoms with Crippen molar-refractivity contribution in [1.29, 1.82) is 0 Å². The number of carboxylic acids is 1. The summed E-state index contributed by atoms with van der Waals surface area (Å²) in [5.41, 5.74) is 7.16. The van der Waals surface area contributed by atoms with Gasteiger partial charge in [0.05, 0.1) is 18.5 Å². The molecule has 4 N–H and O–H groups in total. The number of hydrogen-bond donors (Lipinski definition) is 3. The first-order chi connectivity index (χ1) is 10.4. The van der Waals surface area contributed by atoms with E-state index in [1.165, 1.54) is 0 Å². The average molecular weight is 304 g/mol. The number of primary amides is 1. The Labute approximate surface area is 125 Å². The van der Waals surface area contributed by atoms with Crippen LogP contribution in [0.2, 0.25) is 0 Å². The van der Waals surface area contributed by atoms with Crippen molar-refractivity contribution in [3.05, 3.63) is 35.8 Å². The third-order valence-corrected chi connectivity index (χ3v) is 3.11. The smallest absolute Gasteiger partial charge is 0.326 e. The second-order valence-electron chi connectivity index (χ2n) is 4.96. The van der Waals surface area contributed by atoms with Crippen LogP contribution in [-0.2, 0) is 20.8 Å². The highest BCUT2D eigenvalue weighted by molar-refractivity contribution is 5.88. The lowest BCUT2D eigenvalue weighted by molar-refractivity contribution is -0.143. The summed E-state index contributed by atoms with van der Waals surface area (Å²) in [5.74, 6) is -2.64. The van der Waals surface area contributed by atoms with Gasteiger partial charge in [-0.2, -0.15) is 0 Å². The summed E-state index contributed by atoms with van der Waals surface area (Å²) in [5, 5.41) is 11.2. The molecule has 0 fully saturated rings. The van der Waals surface area contributed by atoms with Gasteiger partial charge in [-0.05, 0) is 18.6 Å². The highest BCUT2D eigenvalue weighted by atomic mass is 16.4. The Morgan fingerprint density at radius 3 is 2.77 bits per heavy atom. The van der Waals surface area contributed by atoms with Crippen LogP contribution in [0.4, 0.5) is 0 Å². The highest BCUT2D eigenvalue weighted by Gasteiger charge is 2.22. The van der Waals surface area contributed by atoms with Gasteiger partial charge < -0.3 is 20.6 Å². The Bertz CT molecular complexity index is 738. The average Bonchev–Trinajstić information content (AvgIpc) is 2.81. The molecule has 2 aromatic rings. The van der Waals surface area contributed by atoms with Crippen LogP contribution in [0.3, 0.4) is 0 Å². The molecule has 0 aliphatic rings. The third kappa shape index (κ3) is 3.60. The zero-order valence-electron chi connectivity index (χ0n) is 11.9. The first-order valence-corrected chi connectivity index (χ1v) is 6.60. The van der Waals surface area contributed by atoms with Gasteiger partial charge in [-0.25, -0.2) is 9.78 Å². The number of rotatable bonds is 6. The molecule has 2 heterocycles. The van der Waals surface area contributed by atoms with Crippen LogP contribution in [-0.4, -0.2) is 38.3 Å². The highest BCUT2D eigenvalue weighted by Crippen LogP contribution is 2.10. The standard InChI is InChI=1S/C14H16N4O4/c1-8-3-2-4-18-7-9(16-13(8)18)5-12(20)17-10(14(21)22)6-11(15)19/h2-4,7,10H,5-6H2,1H3,(H2,15,19)(H,17,20)(H,21,22). The summed E-state index contributed by atoms with van der Waals surface area (Å²) >= 11 is 0. The molecule has 2 amide bonds. The maximum Gasteiger partial charge on any atom is 0.326 e. The van der Waals surface area contributed by atoms with Crippen molar-refractivity contribution in [2.45, 2.75) is 25.8 Å². The number of aromatic nitrogens is 2. The van der Waals surface area contributed by atoms with Crippen molar-refractivity contribution in [2.75, 3.05) is 0 Å². The Morgan fingerprint density at radius 2 is 2.18 bits per heavy atom. The maximum absolute atomic E-state index is 11.9. The van der Waals surface area contributed by atoms with Gasteiger partial charge in [0.15, 0.2) is 0 Å². The van der Waals surface area contributed by atoms with Crippen LogP contribution in [0.5, 0.6) is 0 Å². The van der Waals surface area contributed by atoms with Crippen molar-refractivity contribution >= 4 is 23.4 Å². The number of nitrogens with zero attached hydrogens (tertiary/aromatic N) is 2. The number of aryl methyl sites for hydroxylation is 1. The molecule has 8 heteroatoms. The van der Waals surface area contributed by atoms with E-state index in [9.17, 15) is 14.4 Å². The molecule has 0 saturated heterocycles. The minimum Gasteiger partial charge on any atom is -0.480 e. The van der Waals surface area contributed by atoms with Gasteiger partial charge in [-0.3, -0.25) is 9.59 Å². The van der Waals surface area contributed by atoms with E-state index in [-0.39, 0.29) is 6.42 Å². The van der Waals surface area contributed by atoms with E-state index in [1.54, 1.807) is 10.6 Å². The molecule has 0 bridgehead atoms. The molecular weight excluding hydrogens is 288 g/mol. The van der Waals surface area contributed by atoms with Crippen molar-refractivity contribution in [1.82, 2.24) is 14.7 Å². The second-order valence-corrected chi connectivity index (χ2v) is 4.96.